The normalized spacial score (nSPS) is 24.3. The molecule has 0 unspecified atom stereocenters. The molecule has 132 valence electrons. The molecule has 2 saturated heterocycles. The van der Waals surface area contributed by atoms with Crippen molar-refractivity contribution >= 4 is 29.5 Å². The van der Waals surface area contributed by atoms with E-state index in [2.05, 4.69) is 10.6 Å². The van der Waals surface area contributed by atoms with E-state index in [0.29, 0.717) is 25.8 Å². The lowest BCUT2D eigenvalue weighted by Gasteiger charge is -2.27. The molecule has 24 heavy (non-hydrogen) atoms. The van der Waals surface area contributed by atoms with Crippen molar-refractivity contribution in [3.63, 3.8) is 0 Å². The second-order valence-corrected chi connectivity index (χ2v) is 5.98. The van der Waals surface area contributed by atoms with Gasteiger partial charge in [-0.05, 0) is 19.3 Å². The first-order chi connectivity index (χ1) is 11.3. The van der Waals surface area contributed by atoms with E-state index in [1.54, 1.807) is 0 Å². The van der Waals surface area contributed by atoms with Crippen LogP contribution in [0.15, 0.2) is 0 Å². The molecule has 2 aliphatic heterocycles. The van der Waals surface area contributed by atoms with Crippen LogP contribution in [-0.4, -0.2) is 59.1 Å². The zero-order valence-electron chi connectivity index (χ0n) is 13.1. The van der Waals surface area contributed by atoms with Gasteiger partial charge in [0.05, 0.1) is 6.42 Å². The molecule has 0 aromatic carbocycles. The number of nitrogens with two attached hydrogens (primary N) is 2. The lowest BCUT2D eigenvalue weighted by Crippen LogP contribution is -2.56. The summed E-state index contributed by atoms with van der Waals surface area (Å²) >= 11 is 0. The quantitative estimate of drug-likeness (QED) is 0.407. The van der Waals surface area contributed by atoms with Gasteiger partial charge in [0.25, 0.3) is 0 Å². The Balaban J connectivity index is 2.08. The highest BCUT2D eigenvalue weighted by molar-refractivity contribution is 5.97. The number of amides is 5. The Morgan fingerprint density at radius 3 is 2.50 bits per heavy atom. The molecule has 0 spiro atoms. The van der Waals surface area contributed by atoms with E-state index in [1.807, 2.05) is 0 Å². The van der Waals surface area contributed by atoms with Crippen molar-refractivity contribution in [1.82, 2.24) is 15.5 Å². The number of carbonyl (C=O) groups excluding carboxylic acids is 5. The van der Waals surface area contributed by atoms with E-state index in [1.165, 1.54) is 4.90 Å². The van der Waals surface area contributed by atoms with Gasteiger partial charge in [-0.25, -0.2) is 0 Å². The first-order valence-electron chi connectivity index (χ1n) is 7.77. The Labute approximate surface area is 138 Å². The third kappa shape index (κ3) is 4.00. The summed E-state index contributed by atoms with van der Waals surface area (Å²) in [6, 6.07) is -2.69. The van der Waals surface area contributed by atoms with Gasteiger partial charge >= 0.3 is 0 Å². The molecule has 10 nitrogen and oxygen atoms in total. The van der Waals surface area contributed by atoms with Crippen molar-refractivity contribution in [2.24, 2.45) is 11.5 Å². The highest BCUT2D eigenvalue weighted by atomic mass is 16.2. The molecule has 2 rings (SSSR count). The molecule has 0 bridgehead atoms. The van der Waals surface area contributed by atoms with Crippen LogP contribution in [0.1, 0.15) is 32.1 Å². The van der Waals surface area contributed by atoms with Crippen LogP contribution in [0.3, 0.4) is 0 Å². The molecule has 2 heterocycles. The average molecular weight is 339 g/mol. The molecule has 6 N–H and O–H groups in total. The van der Waals surface area contributed by atoms with Crippen LogP contribution in [-0.2, 0) is 24.0 Å². The monoisotopic (exact) mass is 339 g/mol. The molecular weight excluding hydrogens is 318 g/mol. The zero-order chi connectivity index (χ0) is 17.9. The molecule has 0 radical (unpaired) electrons. The zero-order valence-corrected chi connectivity index (χ0v) is 13.1. The molecular formula is C14H21N5O5. The number of hydrogen-bond acceptors (Lipinski definition) is 5. The second kappa shape index (κ2) is 7.28. The molecule has 0 aromatic heterocycles. The highest BCUT2D eigenvalue weighted by Crippen LogP contribution is 2.19. The van der Waals surface area contributed by atoms with Gasteiger partial charge in [0.1, 0.15) is 18.1 Å². The molecule has 0 aromatic rings. The van der Waals surface area contributed by atoms with Gasteiger partial charge in [-0.3, -0.25) is 24.0 Å². The van der Waals surface area contributed by atoms with E-state index in [0.717, 1.165) is 0 Å². The largest absolute Gasteiger partial charge is 0.370 e. The molecule has 2 aliphatic rings. The molecule has 2 fully saturated rings. The predicted molar refractivity (Wildman–Crippen MR) is 80.8 cm³/mol. The number of likely N-dealkylation sites (tertiary alicyclic amines) is 1. The maximum absolute atomic E-state index is 12.6. The number of rotatable bonds is 6. The summed E-state index contributed by atoms with van der Waals surface area (Å²) < 4.78 is 0. The van der Waals surface area contributed by atoms with Crippen molar-refractivity contribution in [2.75, 3.05) is 6.54 Å². The van der Waals surface area contributed by atoms with Crippen LogP contribution in [0.4, 0.5) is 0 Å². The lowest BCUT2D eigenvalue weighted by molar-refractivity contribution is -0.142. The third-order valence-corrected chi connectivity index (χ3v) is 4.20. The van der Waals surface area contributed by atoms with Crippen molar-refractivity contribution < 1.29 is 24.0 Å². The summed E-state index contributed by atoms with van der Waals surface area (Å²) in [5.74, 6) is -2.78. The Bertz CT molecular complexity index is 578. The van der Waals surface area contributed by atoms with Gasteiger partial charge in [-0.2, -0.15) is 0 Å². The standard InChI is InChI=1S/C14H21N5O5/c15-10(20)6-8(18-13(23)7-3-4-11(21)17-7)14(24)19-5-1-2-9(19)12(16)22/h7-9H,1-6H2,(H2,15,20)(H2,16,22)(H,17,21)(H,18,23)/t7-,8+,9-/m0/s1. The van der Waals surface area contributed by atoms with Gasteiger partial charge in [0.2, 0.25) is 29.5 Å². The summed E-state index contributed by atoms with van der Waals surface area (Å²) in [5.41, 5.74) is 10.4. The lowest BCUT2D eigenvalue weighted by atomic mass is 10.1. The summed E-state index contributed by atoms with van der Waals surface area (Å²) in [6.07, 6.45) is 1.19. The van der Waals surface area contributed by atoms with Crippen LogP contribution in [0.25, 0.3) is 0 Å². The summed E-state index contributed by atoms with van der Waals surface area (Å²) in [4.78, 5) is 59.9. The van der Waals surface area contributed by atoms with Gasteiger partial charge in [0.15, 0.2) is 0 Å². The fraction of sp³-hybridized carbons (Fsp3) is 0.643. The Morgan fingerprint density at radius 1 is 1.25 bits per heavy atom. The predicted octanol–water partition coefficient (Wildman–Crippen LogP) is -2.90. The van der Waals surface area contributed by atoms with E-state index in [-0.39, 0.29) is 12.3 Å². The van der Waals surface area contributed by atoms with Gasteiger partial charge in [-0.15, -0.1) is 0 Å². The second-order valence-electron chi connectivity index (χ2n) is 5.98. The fourth-order valence-electron chi connectivity index (χ4n) is 3.01. The Kier molecular flexibility index (Phi) is 5.37. The number of primary amides is 2. The maximum Gasteiger partial charge on any atom is 0.246 e. The van der Waals surface area contributed by atoms with Crippen LogP contribution in [0, 0.1) is 0 Å². The highest BCUT2D eigenvalue weighted by Gasteiger charge is 2.38. The van der Waals surface area contributed by atoms with Gasteiger partial charge in [-0.1, -0.05) is 0 Å². The number of nitrogens with one attached hydrogen (secondary N) is 2. The first-order valence-corrected chi connectivity index (χ1v) is 7.77. The third-order valence-electron chi connectivity index (χ3n) is 4.20. The minimum Gasteiger partial charge on any atom is -0.370 e. The van der Waals surface area contributed by atoms with E-state index >= 15 is 0 Å². The van der Waals surface area contributed by atoms with Crippen molar-refractivity contribution in [2.45, 2.75) is 50.2 Å². The average Bonchev–Trinajstić information content (AvgIpc) is 3.13. The maximum atomic E-state index is 12.6. The molecule has 5 amide bonds. The summed E-state index contributed by atoms with van der Waals surface area (Å²) in [5, 5.41) is 4.93. The van der Waals surface area contributed by atoms with Crippen molar-refractivity contribution in [1.29, 1.82) is 0 Å². The van der Waals surface area contributed by atoms with Crippen LogP contribution in [0.2, 0.25) is 0 Å². The fourth-order valence-corrected chi connectivity index (χ4v) is 3.01. The Morgan fingerprint density at radius 2 is 1.96 bits per heavy atom. The van der Waals surface area contributed by atoms with Crippen LogP contribution in [0.5, 0.6) is 0 Å². The van der Waals surface area contributed by atoms with Crippen LogP contribution >= 0.6 is 0 Å². The van der Waals surface area contributed by atoms with Gasteiger partial charge in [0, 0.05) is 13.0 Å². The molecule has 3 atom stereocenters. The Hall–Kier alpha value is -2.65. The van der Waals surface area contributed by atoms with Gasteiger partial charge < -0.3 is 27.0 Å². The number of carbonyl (C=O) groups is 5. The first kappa shape index (κ1) is 17.7. The van der Waals surface area contributed by atoms with E-state index in [9.17, 15) is 24.0 Å². The molecule has 10 heteroatoms. The SMILES string of the molecule is NC(=O)C[C@@H](NC(=O)[C@@H]1CCC(=O)N1)C(=O)N1CCC[C@H]1C(N)=O. The van der Waals surface area contributed by atoms with E-state index < -0.39 is 48.2 Å². The van der Waals surface area contributed by atoms with Crippen LogP contribution < -0.4 is 22.1 Å². The number of nitrogens with zero attached hydrogens (tertiary/aromatic N) is 1. The smallest absolute Gasteiger partial charge is 0.246 e. The minimum atomic E-state index is -1.19. The topological polar surface area (TPSA) is 165 Å². The molecule has 0 saturated carbocycles. The minimum absolute atomic E-state index is 0.225. The summed E-state index contributed by atoms with van der Waals surface area (Å²) in [6.45, 7) is 0.317. The molecule has 0 aliphatic carbocycles. The van der Waals surface area contributed by atoms with Crippen molar-refractivity contribution in [3.8, 4) is 0 Å². The van der Waals surface area contributed by atoms with E-state index in [4.69, 9.17) is 11.5 Å². The number of hydrogen-bond donors (Lipinski definition) is 4. The summed E-state index contributed by atoms with van der Waals surface area (Å²) in [7, 11) is 0. The van der Waals surface area contributed by atoms with Crippen molar-refractivity contribution in [3.05, 3.63) is 0 Å².